The predicted molar refractivity (Wildman–Crippen MR) is 66.8 cm³/mol. The van der Waals surface area contributed by atoms with Crippen molar-refractivity contribution in [2.24, 2.45) is 0 Å². The first-order chi connectivity index (χ1) is 8.45. The maximum absolute atomic E-state index is 13.0. The number of carbonyl (C=O) groups excluding carboxylic acids is 1. The second-order valence-electron chi connectivity index (χ2n) is 3.91. The summed E-state index contributed by atoms with van der Waals surface area (Å²) in [6.45, 7) is 5.01. The first kappa shape index (κ1) is 14.9. The molecule has 0 bridgehead atoms. The van der Waals surface area contributed by atoms with E-state index in [4.69, 9.17) is 11.6 Å². The van der Waals surface area contributed by atoms with Crippen LogP contribution >= 0.6 is 11.6 Å². The summed E-state index contributed by atoms with van der Waals surface area (Å²) in [5.74, 6) is -2.69. The summed E-state index contributed by atoms with van der Waals surface area (Å²) < 4.78 is 25.8. The smallest absolute Gasteiger partial charge is 0.252 e. The minimum atomic E-state index is -1.09. The molecule has 0 saturated heterocycles. The van der Waals surface area contributed by atoms with E-state index >= 15 is 0 Å². The maximum atomic E-state index is 13.0. The van der Waals surface area contributed by atoms with Crippen LogP contribution in [0.15, 0.2) is 12.1 Å². The maximum Gasteiger partial charge on any atom is 0.252 e. The van der Waals surface area contributed by atoms with Crippen molar-refractivity contribution in [1.82, 2.24) is 10.6 Å². The molecule has 0 aliphatic rings. The van der Waals surface area contributed by atoms with Crippen LogP contribution in [-0.2, 0) is 0 Å². The van der Waals surface area contributed by atoms with Crippen LogP contribution in [0.2, 0.25) is 5.02 Å². The van der Waals surface area contributed by atoms with Gasteiger partial charge in [0.05, 0.1) is 10.6 Å². The zero-order valence-corrected chi connectivity index (χ0v) is 10.9. The van der Waals surface area contributed by atoms with Gasteiger partial charge in [-0.05, 0) is 25.6 Å². The van der Waals surface area contributed by atoms with Gasteiger partial charge in [-0.1, -0.05) is 18.5 Å². The predicted octanol–water partition coefficient (Wildman–Crippen LogP) is 2.35. The van der Waals surface area contributed by atoms with E-state index < -0.39 is 17.5 Å². The van der Waals surface area contributed by atoms with Crippen molar-refractivity contribution in [3.63, 3.8) is 0 Å². The molecule has 1 atom stereocenters. The van der Waals surface area contributed by atoms with Crippen LogP contribution in [0, 0.1) is 11.6 Å². The molecule has 1 aromatic carbocycles. The summed E-state index contributed by atoms with van der Waals surface area (Å²) in [5.41, 5.74) is -0.0701. The van der Waals surface area contributed by atoms with E-state index in [1.165, 1.54) is 0 Å². The lowest BCUT2D eigenvalue weighted by molar-refractivity contribution is 0.0950. The normalized spacial score (nSPS) is 12.3. The first-order valence-corrected chi connectivity index (χ1v) is 5.99. The number of nitrogens with one attached hydrogen (secondary N) is 2. The number of carbonyl (C=O) groups is 1. The van der Waals surface area contributed by atoms with Crippen LogP contribution < -0.4 is 10.6 Å². The molecule has 0 aliphatic heterocycles. The molecular weight excluding hydrogens is 262 g/mol. The Morgan fingerprint density at radius 1 is 1.39 bits per heavy atom. The quantitative estimate of drug-likeness (QED) is 0.811. The zero-order chi connectivity index (χ0) is 13.7. The van der Waals surface area contributed by atoms with Gasteiger partial charge in [0.1, 0.15) is 0 Å². The summed E-state index contributed by atoms with van der Waals surface area (Å²) in [4.78, 5) is 11.7. The molecule has 0 spiro atoms. The van der Waals surface area contributed by atoms with Crippen LogP contribution in [0.1, 0.15) is 24.2 Å². The molecular formula is C12H15ClF2N2O. The molecule has 3 nitrogen and oxygen atoms in total. The average molecular weight is 277 g/mol. The molecule has 100 valence electrons. The van der Waals surface area contributed by atoms with Gasteiger partial charge in [-0.25, -0.2) is 8.78 Å². The van der Waals surface area contributed by atoms with Gasteiger partial charge >= 0.3 is 0 Å². The largest absolute Gasteiger partial charge is 0.350 e. The molecule has 0 unspecified atom stereocenters. The molecule has 6 heteroatoms. The molecule has 1 amide bonds. The Hall–Kier alpha value is -1.20. The highest BCUT2D eigenvalue weighted by Gasteiger charge is 2.15. The number of amides is 1. The van der Waals surface area contributed by atoms with E-state index in [1.807, 2.05) is 13.8 Å². The van der Waals surface area contributed by atoms with E-state index in [0.717, 1.165) is 18.7 Å². The molecule has 0 fully saturated rings. The summed E-state index contributed by atoms with van der Waals surface area (Å²) >= 11 is 5.69. The molecule has 0 aliphatic carbocycles. The van der Waals surface area contributed by atoms with E-state index in [1.54, 1.807) is 0 Å². The topological polar surface area (TPSA) is 41.1 Å². The number of rotatable bonds is 5. The Labute approximate surface area is 110 Å². The first-order valence-electron chi connectivity index (χ1n) is 5.61. The number of hydrogen-bond donors (Lipinski definition) is 2. The van der Waals surface area contributed by atoms with Gasteiger partial charge in [-0.15, -0.1) is 0 Å². The van der Waals surface area contributed by atoms with Crippen molar-refractivity contribution in [1.29, 1.82) is 0 Å². The molecule has 0 radical (unpaired) electrons. The highest BCUT2D eigenvalue weighted by atomic mass is 35.5. The standard InChI is InChI=1S/C12H15ClF2N2O/c1-3-16-7(2)6-17-12(18)8-4-10(14)11(15)5-9(8)13/h4-5,7,16H,3,6H2,1-2H3,(H,17,18)/t7-/m1/s1. The van der Waals surface area contributed by atoms with Gasteiger partial charge in [0.25, 0.3) is 5.91 Å². The van der Waals surface area contributed by atoms with Gasteiger partial charge in [-0.3, -0.25) is 4.79 Å². The van der Waals surface area contributed by atoms with Gasteiger partial charge in [0.15, 0.2) is 11.6 Å². The van der Waals surface area contributed by atoms with E-state index in [0.29, 0.717) is 6.54 Å². The molecule has 1 rings (SSSR count). The number of benzene rings is 1. The second-order valence-corrected chi connectivity index (χ2v) is 4.32. The fourth-order valence-corrected chi connectivity index (χ4v) is 1.69. The van der Waals surface area contributed by atoms with Gasteiger partial charge in [0, 0.05) is 12.6 Å². The number of halogens is 3. The minimum Gasteiger partial charge on any atom is -0.350 e. The van der Waals surface area contributed by atoms with Crippen LogP contribution in [0.4, 0.5) is 8.78 Å². The Morgan fingerprint density at radius 2 is 2.00 bits per heavy atom. The average Bonchev–Trinajstić information content (AvgIpc) is 2.31. The Balaban J connectivity index is 2.70. The third kappa shape index (κ3) is 3.92. The summed E-state index contributed by atoms with van der Waals surface area (Å²) in [6.07, 6.45) is 0. The molecule has 18 heavy (non-hydrogen) atoms. The summed E-state index contributed by atoms with van der Waals surface area (Å²) in [7, 11) is 0. The monoisotopic (exact) mass is 276 g/mol. The lowest BCUT2D eigenvalue weighted by Crippen LogP contribution is -2.38. The SMILES string of the molecule is CCN[C@H](C)CNC(=O)c1cc(F)c(F)cc1Cl. The van der Waals surface area contributed by atoms with Crippen LogP contribution in [-0.4, -0.2) is 25.0 Å². The van der Waals surface area contributed by atoms with Crippen molar-refractivity contribution in [2.75, 3.05) is 13.1 Å². The van der Waals surface area contributed by atoms with E-state index in [2.05, 4.69) is 10.6 Å². The zero-order valence-electron chi connectivity index (χ0n) is 10.2. The Kier molecular flexibility index (Phi) is 5.50. The van der Waals surface area contributed by atoms with Crippen LogP contribution in [0.5, 0.6) is 0 Å². The van der Waals surface area contributed by atoms with Crippen LogP contribution in [0.25, 0.3) is 0 Å². The Morgan fingerprint density at radius 3 is 2.61 bits per heavy atom. The second kappa shape index (κ2) is 6.66. The Bertz CT molecular complexity index is 440. The molecule has 0 saturated carbocycles. The highest BCUT2D eigenvalue weighted by Crippen LogP contribution is 2.19. The van der Waals surface area contributed by atoms with Crippen molar-refractivity contribution < 1.29 is 13.6 Å². The van der Waals surface area contributed by atoms with Gasteiger partial charge in [-0.2, -0.15) is 0 Å². The van der Waals surface area contributed by atoms with E-state index in [9.17, 15) is 13.6 Å². The van der Waals surface area contributed by atoms with E-state index in [-0.39, 0.29) is 16.6 Å². The molecule has 0 aromatic heterocycles. The van der Waals surface area contributed by atoms with Crippen molar-refractivity contribution >= 4 is 17.5 Å². The summed E-state index contributed by atoms with van der Waals surface area (Å²) in [6, 6.07) is 1.67. The lowest BCUT2D eigenvalue weighted by atomic mass is 10.2. The lowest BCUT2D eigenvalue weighted by Gasteiger charge is -2.13. The van der Waals surface area contributed by atoms with Crippen molar-refractivity contribution in [3.05, 3.63) is 34.4 Å². The highest BCUT2D eigenvalue weighted by molar-refractivity contribution is 6.33. The molecule has 1 aromatic rings. The third-order valence-corrected chi connectivity index (χ3v) is 2.69. The molecule has 2 N–H and O–H groups in total. The van der Waals surface area contributed by atoms with Crippen molar-refractivity contribution in [2.45, 2.75) is 19.9 Å². The molecule has 0 heterocycles. The van der Waals surface area contributed by atoms with Gasteiger partial charge in [0.2, 0.25) is 0 Å². The fraction of sp³-hybridized carbons (Fsp3) is 0.417. The van der Waals surface area contributed by atoms with Crippen LogP contribution in [0.3, 0.4) is 0 Å². The van der Waals surface area contributed by atoms with Crippen molar-refractivity contribution in [3.8, 4) is 0 Å². The third-order valence-electron chi connectivity index (χ3n) is 2.38. The number of hydrogen-bond acceptors (Lipinski definition) is 2. The minimum absolute atomic E-state index is 0.0701. The van der Waals surface area contributed by atoms with Gasteiger partial charge < -0.3 is 10.6 Å². The fourth-order valence-electron chi connectivity index (χ4n) is 1.46. The summed E-state index contributed by atoms with van der Waals surface area (Å²) in [5, 5.41) is 5.59. The number of likely N-dealkylation sites (N-methyl/N-ethyl adjacent to an activating group) is 1.